The van der Waals surface area contributed by atoms with Crippen molar-refractivity contribution in [3.63, 3.8) is 0 Å². The van der Waals surface area contributed by atoms with E-state index in [1.165, 1.54) is 4.90 Å². The first kappa shape index (κ1) is 16.6. The van der Waals surface area contributed by atoms with Crippen molar-refractivity contribution in [1.29, 1.82) is 0 Å². The van der Waals surface area contributed by atoms with Gasteiger partial charge in [0, 0.05) is 19.7 Å². The number of rotatable bonds is 7. The molecular formula is C15H22ClNO3. The highest BCUT2D eigenvalue weighted by atomic mass is 35.5. The lowest BCUT2D eigenvalue weighted by Crippen LogP contribution is -2.21. The Kier molecular flexibility index (Phi) is 6.65. The molecule has 1 rings (SSSR count). The van der Waals surface area contributed by atoms with E-state index in [9.17, 15) is 4.79 Å². The molecule has 0 aliphatic rings. The number of carbonyl (C=O) groups excluding carboxylic acids is 1. The molecule has 0 atom stereocenters. The van der Waals surface area contributed by atoms with Crippen LogP contribution in [0.5, 0.6) is 11.5 Å². The fraction of sp³-hybridized carbons (Fsp3) is 0.533. The maximum Gasteiger partial charge on any atom is 0.253 e. The van der Waals surface area contributed by atoms with E-state index in [2.05, 4.69) is 6.92 Å². The van der Waals surface area contributed by atoms with Crippen LogP contribution in [0.25, 0.3) is 0 Å². The van der Waals surface area contributed by atoms with Crippen LogP contribution in [0.2, 0.25) is 5.02 Å². The first-order valence-corrected chi connectivity index (χ1v) is 7.19. The fourth-order valence-corrected chi connectivity index (χ4v) is 1.94. The quantitative estimate of drug-likeness (QED) is 0.722. The van der Waals surface area contributed by atoms with Gasteiger partial charge in [-0.2, -0.15) is 0 Å². The molecule has 0 radical (unpaired) electrons. The lowest BCUT2D eigenvalue weighted by atomic mass is 10.1. The second-order valence-corrected chi connectivity index (χ2v) is 5.03. The average molecular weight is 300 g/mol. The van der Waals surface area contributed by atoms with E-state index in [-0.39, 0.29) is 5.91 Å². The minimum absolute atomic E-state index is 0.118. The topological polar surface area (TPSA) is 38.8 Å². The molecule has 0 spiro atoms. The Morgan fingerprint density at radius 1 is 1.25 bits per heavy atom. The summed E-state index contributed by atoms with van der Waals surface area (Å²) in [4.78, 5) is 13.5. The van der Waals surface area contributed by atoms with Gasteiger partial charge in [0.15, 0.2) is 11.5 Å². The molecule has 112 valence electrons. The third-order valence-corrected chi connectivity index (χ3v) is 2.99. The van der Waals surface area contributed by atoms with Crippen molar-refractivity contribution >= 4 is 17.5 Å². The summed E-state index contributed by atoms with van der Waals surface area (Å²) in [5, 5.41) is 0.400. The van der Waals surface area contributed by atoms with Crippen LogP contribution in [0.3, 0.4) is 0 Å². The molecule has 0 aliphatic heterocycles. The number of carbonyl (C=O) groups is 1. The summed E-state index contributed by atoms with van der Waals surface area (Å²) in [5.74, 6) is 0.909. The van der Waals surface area contributed by atoms with Crippen molar-refractivity contribution in [2.45, 2.75) is 26.7 Å². The minimum Gasteiger partial charge on any atom is -0.490 e. The highest BCUT2D eigenvalue weighted by Gasteiger charge is 2.17. The second kappa shape index (κ2) is 8.00. The molecule has 0 unspecified atom stereocenters. The van der Waals surface area contributed by atoms with Crippen LogP contribution in [-0.2, 0) is 0 Å². The molecule has 4 nitrogen and oxygen atoms in total. The molecule has 1 aromatic rings. The zero-order chi connectivity index (χ0) is 15.1. The summed E-state index contributed by atoms with van der Waals surface area (Å²) >= 11 is 6.22. The predicted octanol–water partition coefficient (Wildman–Crippen LogP) is 3.62. The molecular weight excluding hydrogens is 278 g/mol. The largest absolute Gasteiger partial charge is 0.490 e. The molecule has 0 aromatic heterocycles. The van der Waals surface area contributed by atoms with Gasteiger partial charge in [-0.3, -0.25) is 4.79 Å². The van der Waals surface area contributed by atoms with Gasteiger partial charge < -0.3 is 14.4 Å². The van der Waals surface area contributed by atoms with Crippen LogP contribution in [0.15, 0.2) is 12.1 Å². The van der Waals surface area contributed by atoms with Crippen molar-refractivity contribution in [2.75, 3.05) is 27.3 Å². The van der Waals surface area contributed by atoms with E-state index < -0.39 is 0 Å². The zero-order valence-corrected chi connectivity index (χ0v) is 13.3. The van der Waals surface area contributed by atoms with Crippen molar-refractivity contribution in [2.24, 2.45) is 0 Å². The number of ether oxygens (including phenoxy) is 2. The Bertz CT molecular complexity index is 461. The normalized spacial score (nSPS) is 10.2. The molecule has 0 N–H and O–H groups in total. The SMILES string of the molecule is CCCCOc1c(Cl)cc(C(=O)N(C)C)cc1OCC. The summed E-state index contributed by atoms with van der Waals surface area (Å²) in [6.45, 7) is 5.04. The lowest BCUT2D eigenvalue weighted by Gasteiger charge is -2.16. The maximum atomic E-state index is 12.0. The van der Waals surface area contributed by atoms with E-state index in [0.29, 0.717) is 35.3 Å². The Labute approximate surface area is 125 Å². The first-order chi connectivity index (χ1) is 9.51. The van der Waals surface area contributed by atoms with Crippen LogP contribution < -0.4 is 9.47 Å². The van der Waals surface area contributed by atoms with E-state index >= 15 is 0 Å². The Hall–Kier alpha value is -1.42. The van der Waals surface area contributed by atoms with E-state index in [1.807, 2.05) is 6.92 Å². The Balaban J connectivity index is 3.08. The molecule has 20 heavy (non-hydrogen) atoms. The number of nitrogens with zero attached hydrogens (tertiary/aromatic N) is 1. The monoisotopic (exact) mass is 299 g/mol. The predicted molar refractivity (Wildman–Crippen MR) is 81.0 cm³/mol. The Morgan fingerprint density at radius 2 is 1.95 bits per heavy atom. The van der Waals surface area contributed by atoms with Gasteiger partial charge in [-0.05, 0) is 25.5 Å². The lowest BCUT2D eigenvalue weighted by molar-refractivity contribution is 0.0827. The zero-order valence-electron chi connectivity index (χ0n) is 12.5. The fourth-order valence-electron chi connectivity index (χ4n) is 1.67. The molecule has 1 amide bonds. The average Bonchev–Trinajstić information content (AvgIpc) is 2.40. The third-order valence-electron chi connectivity index (χ3n) is 2.71. The van der Waals surface area contributed by atoms with Gasteiger partial charge in [-0.1, -0.05) is 24.9 Å². The summed E-state index contributed by atoms with van der Waals surface area (Å²) < 4.78 is 11.2. The standard InChI is InChI=1S/C15H22ClNO3/c1-5-7-8-20-14-12(16)9-11(15(18)17(3)4)10-13(14)19-6-2/h9-10H,5-8H2,1-4H3. The van der Waals surface area contributed by atoms with Gasteiger partial charge in [0.25, 0.3) is 5.91 Å². The van der Waals surface area contributed by atoms with Crippen LogP contribution in [0.1, 0.15) is 37.0 Å². The smallest absolute Gasteiger partial charge is 0.253 e. The van der Waals surface area contributed by atoms with Crippen molar-refractivity contribution in [3.8, 4) is 11.5 Å². The maximum absolute atomic E-state index is 12.0. The minimum atomic E-state index is -0.118. The number of hydrogen-bond acceptors (Lipinski definition) is 3. The second-order valence-electron chi connectivity index (χ2n) is 4.62. The van der Waals surface area contributed by atoms with E-state index in [1.54, 1.807) is 26.2 Å². The number of hydrogen-bond donors (Lipinski definition) is 0. The first-order valence-electron chi connectivity index (χ1n) is 6.82. The molecule has 0 bridgehead atoms. The van der Waals surface area contributed by atoms with Gasteiger partial charge in [0.2, 0.25) is 0 Å². The van der Waals surface area contributed by atoms with Gasteiger partial charge in [-0.15, -0.1) is 0 Å². The summed E-state index contributed by atoms with van der Waals surface area (Å²) in [6.07, 6.45) is 1.99. The Morgan fingerprint density at radius 3 is 2.50 bits per heavy atom. The van der Waals surface area contributed by atoms with Crippen molar-refractivity contribution in [1.82, 2.24) is 4.90 Å². The van der Waals surface area contributed by atoms with Gasteiger partial charge in [0.1, 0.15) is 0 Å². The van der Waals surface area contributed by atoms with Crippen LogP contribution in [-0.4, -0.2) is 38.1 Å². The van der Waals surface area contributed by atoms with Crippen LogP contribution >= 0.6 is 11.6 Å². The summed E-state index contributed by atoms with van der Waals surface area (Å²) in [6, 6.07) is 3.30. The molecule has 0 heterocycles. The number of amides is 1. The summed E-state index contributed by atoms with van der Waals surface area (Å²) in [5.41, 5.74) is 0.492. The van der Waals surface area contributed by atoms with E-state index in [0.717, 1.165) is 12.8 Å². The van der Waals surface area contributed by atoms with Crippen LogP contribution in [0, 0.1) is 0 Å². The molecule has 0 fully saturated rings. The van der Waals surface area contributed by atoms with Crippen molar-refractivity contribution in [3.05, 3.63) is 22.7 Å². The van der Waals surface area contributed by atoms with Crippen LogP contribution in [0.4, 0.5) is 0 Å². The highest BCUT2D eigenvalue weighted by Crippen LogP contribution is 2.37. The van der Waals surface area contributed by atoms with Gasteiger partial charge in [-0.25, -0.2) is 0 Å². The van der Waals surface area contributed by atoms with Gasteiger partial charge in [0.05, 0.1) is 18.2 Å². The number of unbranched alkanes of at least 4 members (excludes halogenated alkanes) is 1. The third kappa shape index (κ3) is 4.30. The molecule has 5 heteroatoms. The molecule has 0 saturated heterocycles. The molecule has 0 aliphatic carbocycles. The van der Waals surface area contributed by atoms with E-state index in [4.69, 9.17) is 21.1 Å². The van der Waals surface area contributed by atoms with Crippen molar-refractivity contribution < 1.29 is 14.3 Å². The van der Waals surface area contributed by atoms with Gasteiger partial charge >= 0.3 is 0 Å². The molecule has 0 saturated carbocycles. The molecule has 1 aromatic carbocycles. The number of benzene rings is 1. The summed E-state index contributed by atoms with van der Waals surface area (Å²) in [7, 11) is 3.39. The highest BCUT2D eigenvalue weighted by molar-refractivity contribution is 6.32. The number of halogens is 1.